The van der Waals surface area contributed by atoms with E-state index in [1.54, 1.807) is 0 Å². The summed E-state index contributed by atoms with van der Waals surface area (Å²) in [6, 6.07) is 7.92. The summed E-state index contributed by atoms with van der Waals surface area (Å²) in [7, 11) is 0. The van der Waals surface area contributed by atoms with Gasteiger partial charge in [0, 0.05) is 18.5 Å². The smallest absolute Gasteiger partial charge is 0.224 e. The van der Waals surface area contributed by atoms with Crippen LogP contribution in [0.15, 0.2) is 24.3 Å². The lowest BCUT2D eigenvalue weighted by atomic mass is 9.94. The van der Waals surface area contributed by atoms with Crippen LogP contribution in [-0.2, 0) is 4.79 Å². The summed E-state index contributed by atoms with van der Waals surface area (Å²) in [6.45, 7) is 5.26. The minimum atomic E-state index is -0.106. The number of carbonyl (C=O) groups excluding carboxylic acids is 1. The van der Waals surface area contributed by atoms with E-state index in [0.717, 1.165) is 24.2 Å². The maximum atomic E-state index is 12.4. The number of nitrogens with two attached hydrogens (primary N) is 1. The number of para-hydroxylation sites is 1. The SMILES string of the molecule is CC(C)CC(CN)C(=O)NC1CCOc2ccccc21. The van der Waals surface area contributed by atoms with Gasteiger partial charge in [-0.1, -0.05) is 32.0 Å². The molecule has 1 aliphatic rings. The molecule has 0 spiro atoms. The molecule has 0 aromatic heterocycles. The Balaban J connectivity index is 2.05. The van der Waals surface area contributed by atoms with Gasteiger partial charge in [-0.3, -0.25) is 4.79 Å². The molecular weight excluding hydrogens is 252 g/mol. The van der Waals surface area contributed by atoms with E-state index in [1.165, 1.54) is 0 Å². The third kappa shape index (κ3) is 3.51. The Labute approximate surface area is 120 Å². The van der Waals surface area contributed by atoms with Gasteiger partial charge in [-0.15, -0.1) is 0 Å². The van der Waals surface area contributed by atoms with Crippen molar-refractivity contribution in [3.05, 3.63) is 29.8 Å². The van der Waals surface area contributed by atoms with Crippen LogP contribution in [-0.4, -0.2) is 19.1 Å². The van der Waals surface area contributed by atoms with Crippen molar-refractivity contribution in [1.82, 2.24) is 5.32 Å². The lowest BCUT2D eigenvalue weighted by Gasteiger charge is -2.28. The van der Waals surface area contributed by atoms with Crippen molar-refractivity contribution < 1.29 is 9.53 Å². The molecule has 1 heterocycles. The largest absolute Gasteiger partial charge is 0.493 e. The average molecular weight is 276 g/mol. The molecule has 1 amide bonds. The summed E-state index contributed by atoms with van der Waals surface area (Å²) in [6.07, 6.45) is 1.63. The maximum absolute atomic E-state index is 12.4. The first-order valence-corrected chi connectivity index (χ1v) is 7.34. The number of nitrogens with one attached hydrogen (secondary N) is 1. The molecule has 0 radical (unpaired) electrons. The normalized spacial score (nSPS) is 19.1. The molecule has 3 N–H and O–H groups in total. The van der Waals surface area contributed by atoms with Gasteiger partial charge in [0.1, 0.15) is 5.75 Å². The van der Waals surface area contributed by atoms with E-state index >= 15 is 0 Å². The van der Waals surface area contributed by atoms with Crippen molar-refractivity contribution in [1.29, 1.82) is 0 Å². The Morgan fingerprint density at radius 2 is 2.20 bits per heavy atom. The van der Waals surface area contributed by atoms with Crippen molar-refractivity contribution in [3.63, 3.8) is 0 Å². The molecule has 2 atom stereocenters. The van der Waals surface area contributed by atoms with E-state index in [-0.39, 0.29) is 17.9 Å². The Kier molecular flexibility index (Phi) is 5.01. The predicted octanol–water partition coefficient (Wildman–Crippen LogP) is 2.25. The predicted molar refractivity (Wildman–Crippen MR) is 79.4 cm³/mol. The van der Waals surface area contributed by atoms with E-state index < -0.39 is 0 Å². The number of hydrogen-bond donors (Lipinski definition) is 2. The summed E-state index contributed by atoms with van der Waals surface area (Å²) in [5.41, 5.74) is 6.80. The zero-order valence-corrected chi connectivity index (χ0v) is 12.3. The van der Waals surface area contributed by atoms with Crippen LogP contribution < -0.4 is 15.8 Å². The third-order valence-corrected chi connectivity index (χ3v) is 3.69. The van der Waals surface area contributed by atoms with E-state index in [9.17, 15) is 4.79 Å². The van der Waals surface area contributed by atoms with E-state index in [0.29, 0.717) is 19.1 Å². The molecular formula is C16H24N2O2. The van der Waals surface area contributed by atoms with Crippen molar-refractivity contribution in [2.45, 2.75) is 32.7 Å². The second kappa shape index (κ2) is 6.75. The minimum Gasteiger partial charge on any atom is -0.493 e. The third-order valence-electron chi connectivity index (χ3n) is 3.69. The standard InChI is InChI=1S/C16H24N2O2/c1-11(2)9-12(10-17)16(19)18-14-7-8-20-15-6-4-3-5-13(14)15/h3-6,11-12,14H,7-10,17H2,1-2H3,(H,18,19). The van der Waals surface area contributed by atoms with Gasteiger partial charge in [-0.05, 0) is 18.4 Å². The van der Waals surface area contributed by atoms with Crippen LogP contribution in [0.25, 0.3) is 0 Å². The van der Waals surface area contributed by atoms with Gasteiger partial charge in [0.2, 0.25) is 5.91 Å². The van der Waals surface area contributed by atoms with Gasteiger partial charge < -0.3 is 15.8 Å². The molecule has 0 fully saturated rings. The first-order chi connectivity index (χ1) is 9.61. The molecule has 0 aliphatic carbocycles. The zero-order valence-electron chi connectivity index (χ0n) is 12.3. The van der Waals surface area contributed by atoms with Crippen LogP contribution in [0.3, 0.4) is 0 Å². The Morgan fingerprint density at radius 3 is 2.90 bits per heavy atom. The molecule has 1 aromatic carbocycles. The Bertz CT molecular complexity index is 460. The number of amides is 1. The van der Waals surface area contributed by atoms with Crippen LogP contribution in [0.1, 0.15) is 38.3 Å². The highest BCUT2D eigenvalue weighted by molar-refractivity contribution is 5.79. The van der Waals surface area contributed by atoms with E-state index in [2.05, 4.69) is 19.2 Å². The molecule has 0 saturated heterocycles. The molecule has 4 heteroatoms. The Morgan fingerprint density at radius 1 is 1.45 bits per heavy atom. The molecule has 2 unspecified atom stereocenters. The van der Waals surface area contributed by atoms with Crippen molar-refractivity contribution in [3.8, 4) is 5.75 Å². The highest BCUT2D eigenvalue weighted by Crippen LogP contribution is 2.31. The number of ether oxygens (including phenoxy) is 1. The molecule has 2 rings (SSSR count). The molecule has 110 valence electrons. The first-order valence-electron chi connectivity index (χ1n) is 7.34. The highest BCUT2D eigenvalue weighted by atomic mass is 16.5. The summed E-state index contributed by atoms with van der Waals surface area (Å²) >= 11 is 0. The van der Waals surface area contributed by atoms with E-state index in [1.807, 2.05) is 24.3 Å². The summed E-state index contributed by atoms with van der Waals surface area (Å²) in [5, 5.41) is 3.13. The Hall–Kier alpha value is -1.55. The molecule has 0 bridgehead atoms. The first kappa shape index (κ1) is 14.9. The van der Waals surface area contributed by atoms with Crippen LogP contribution in [0.5, 0.6) is 5.75 Å². The van der Waals surface area contributed by atoms with Crippen LogP contribution in [0.4, 0.5) is 0 Å². The summed E-state index contributed by atoms with van der Waals surface area (Å²) in [4.78, 5) is 12.4. The van der Waals surface area contributed by atoms with Crippen LogP contribution >= 0.6 is 0 Å². The fraction of sp³-hybridized carbons (Fsp3) is 0.562. The average Bonchev–Trinajstić information content (AvgIpc) is 2.45. The second-order valence-corrected chi connectivity index (χ2v) is 5.80. The lowest BCUT2D eigenvalue weighted by Crippen LogP contribution is -2.39. The highest BCUT2D eigenvalue weighted by Gasteiger charge is 2.26. The summed E-state index contributed by atoms with van der Waals surface area (Å²) in [5.74, 6) is 1.29. The monoisotopic (exact) mass is 276 g/mol. The quantitative estimate of drug-likeness (QED) is 0.867. The number of rotatable bonds is 5. The molecule has 1 aliphatic heterocycles. The zero-order chi connectivity index (χ0) is 14.5. The van der Waals surface area contributed by atoms with Gasteiger partial charge >= 0.3 is 0 Å². The van der Waals surface area contributed by atoms with Crippen molar-refractivity contribution in [2.24, 2.45) is 17.6 Å². The van der Waals surface area contributed by atoms with Crippen LogP contribution in [0.2, 0.25) is 0 Å². The van der Waals surface area contributed by atoms with Gasteiger partial charge in [0.15, 0.2) is 0 Å². The second-order valence-electron chi connectivity index (χ2n) is 5.80. The molecule has 1 aromatic rings. The van der Waals surface area contributed by atoms with Crippen molar-refractivity contribution >= 4 is 5.91 Å². The topological polar surface area (TPSA) is 64.4 Å². The molecule has 20 heavy (non-hydrogen) atoms. The van der Waals surface area contributed by atoms with Gasteiger partial charge in [-0.2, -0.15) is 0 Å². The van der Waals surface area contributed by atoms with Gasteiger partial charge in [0.25, 0.3) is 0 Å². The van der Waals surface area contributed by atoms with Crippen molar-refractivity contribution in [2.75, 3.05) is 13.2 Å². The van der Waals surface area contributed by atoms with E-state index in [4.69, 9.17) is 10.5 Å². The number of hydrogen-bond acceptors (Lipinski definition) is 3. The molecule has 0 saturated carbocycles. The number of carbonyl (C=O) groups is 1. The lowest BCUT2D eigenvalue weighted by molar-refractivity contribution is -0.126. The van der Waals surface area contributed by atoms with Gasteiger partial charge in [-0.25, -0.2) is 0 Å². The number of fused-ring (bicyclic) bond motifs is 1. The minimum absolute atomic E-state index is 0.0358. The molecule has 4 nitrogen and oxygen atoms in total. The fourth-order valence-corrected chi connectivity index (χ4v) is 2.66. The van der Waals surface area contributed by atoms with Crippen LogP contribution in [0, 0.1) is 11.8 Å². The summed E-state index contributed by atoms with van der Waals surface area (Å²) < 4.78 is 5.61. The van der Waals surface area contributed by atoms with Gasteiger partial charge in [0.05, 0.1) is 18.6 Å². The fourth-order valence-electron chi connectivity index (χ4n) is 2.66. The maximum Gasteiger partial charge on any atom is 0.224 e. The number of benzene rings is 1.